The van der Waals surface area contributed by atoms with Gasteiger partial charge in [0.1, 0.15) is 23.0 Å². The fraction of sp³-hybridized carbons (Fsp3) is 0.333. The molecular weight excluding hydrogens is 404 g/mol. The van der Waals surface area contributed by atoms with E-state index < -0.39 is 0 Å². The molecule has 0 spiro atoms. The average molecular weight is 435 g/mol. The Balaban J connectivity index is 2.15. The van der Waals surface area contributed by atoms with Gasteiger partial charge in [-0.05, 0) is 92.6 Å². The topological polar surface area (TPSA) is 68.2 Å². The maximum atomic E-state index is 10.9. The fourth-order valence-electron chi connectivity index (χ4n) is 4.83. The number of rotatable bonds is 3. The minimum Gasteiger partial charge on any atom is -0.507 e. The number of phenolic OH excluding ortho intramolecular Hbond substituents is 2. The zero-order valence-corrected chi connectivity index (χ0v) is 19.9. The van der Waals surface area contributed by atoms with E-state index in [1.54, 1.807) is 14.2 Å². The molecule has 5 nitrogen and oxygen atoms in total. The van der Waals surface area contributed by atoms with E-state index in [4.69, 9.17) is 14.2 Å². The lowest BCUT2D eigenvalue weighted by molar-refractivity contribution is 0.354. The summed E-state index contributed by atoms with van der Waals surface area (Å²) >= 11 is 0. The van der Waals surface area contributed by atoms with Crippen molar-refractivity contribution >= 4 is 0 Å². The van der Waals surface area contributed by atoms with Gasteiger partial charge in [0.05, 0.1) is 14.2 Å². The van der Waals surface area contributed by atoms with Crippen LogP contribution in [0.1, 0.15) is 56.0 Å². The molecular formula is C27H30O5. The van der Waals surface area contributed by atoms with Crippen molar-refractivity contribution in [1.82, 2.24) is 0 Å². The molecule has 32 heavy (non-hydrogen) atoms. The van der Waals surface area contributed by atoms with Crippen LogP contribution in [0.15, 0.2) is 18.2 Å². The van der Waals surface area contributed by atoms with Gasteiger partial charge in [-0.3, -0.25) is 0 Å². The van der Waals surface area contributed by atoms with Crippen LogP contribution in [-0.4, -0.2) is 24.4 Å². The molecule has 5 heteroatoms. The molecule has 0 bridgehead atoms. The highest BCUT2D eigenvalue weighted by molar-refractivity contribution is 5.72. The molecule has 168 valence electrons. The highest BCUT2D eigenvalue weighted by Crippen LogP contribution is 2.56. The van der Waals surface area contributed by atoms with Gasteiger partial charge in [-0.2, -0.15) is 0 Å². The maximum Gasteiger partial charge on any atom is 0.161 e. The largest absolute Gasteiger partial charge is 0.507 e. The summed E-state index contributed by atoms with van der Waals surface area (Å²) in [6.45, 7) is 11.6. The molecule has 4 rings (SSSR count). The number of benzene rings is 3. The molecule has 1 aliphatic heterocycles. The number of ether oxygens (including phenoxy) is 3. The standard InChI is InChI=1S/C27H30O5/c1-12-14(3)26-21(16(5)24(12)28)23(18-9-10-19(30-7)20(11-18)31-8)22-17(6)25(29)13(2)15(4)27(22)32-26/h9-11,23,28-29H,1-8H3. The van der Waals surface area contributed by atoms with Gasteiger partial charge in [0.2, 0.25) is 0 Å². The first-order valence-electron chi connectivity index (χ1n) is 10.7. The fourth-order valence-corrected chi connectivity index (χ4v) is 4.83. The molecule has 0 fully saturated rings. The van der Waals surface area contributed by atoms with Crippen LogP contribution in [0.2, 0.25) is 0 Å². The highest BCUT2D eigenvalue weighted by atomic mass is 16.5. The Morgan fingerprint density at radius 1 is 0.656 bits per heavy atom. The zero-order valence-electron chi connectivity index (χ0n) is 19.9. The van der Waals surface area contributed by atoms with E-state index in [1.807, 2.05) is 59.7 Å². The van der Waals surface area contributed by atoms with Crippen LogP contribution in [0.4, 0.5) is 0 Å². The third-order valence-electron chi connectivity index (χ3n) is 7.05. The van der Waals surface area contributed by atoms with Gasteiger partial charge in [-0.1, -0.05) is 6.07 Å². The molecule has 0 radical (unpaired) electrons. The summed E-state index contributed by atoms with van der Waals surface area (Å²) in [7, 11) is 3.22. The van der Waals surface area contributed by atoms with Crippen molar-refractivity contribution < 1.29 is 24.4 Å². The molecule has 2 N–H and O–H groups in total. The Morgan fingerprint density at radius 2 is 1.12 bits per heavy atom. The van der Waals surface area contributed by atoms with Gasteiger partial charge in [0.15, 0.2) is 11.5 Å². The molecule has 1 aliphatic rings. The minimum atomic E-state index is -0.260. The van der Waals surface area contributed by atoms with E-state index in [0.717, 1.165) is 61.6 Å². The smallest absolute Gasteiger partial charge is 0.161 e. The second-order valence-electron chi connectivity index (χ2n) is 8.58. The van der Waals surface area contributed by atoms with Crippen LogP contribution in [-0.2, 0) is 0 Å². The number of aromatic hydroxyl groups is 2. The number of hydrogen-bond donors (Lipinski definition) is 2. The Bertz CT molecular complexity index is 1190. The molecule has 0 atom stereocenters. The third kappa shape index (κ3) is 2.91. The molecule has 3 aromatic rings. The Morgan fingerprint density at radius 3 is 1.56 bits per heavy atom. The van der Waals surface area contributed by atoms with E-state index in [2.05, 4.69) is 0 Å². The number of fused-ring (bicyclic) bond motifs is 2. The normalized spacial score (nSPS) is 12.8. The van der Waals surface area contributed by atoms with Crippen molar-refractivity contribution in [2.45, 2.75) is 47.5 Å². The maximum absolute atomic E-state index is 10.9. The first-order chi connectivity index (χ1) is 15.1. The van der Waals surface area contributed by atoms with Gasteiger partial charge in [-0.25, -0.2) is 0 Å². The second-order valence-corrected chi connectivity index (χ2v) is 8.58. The van der Waals surface area contributed by atoms with E-state index in [1.165, 1.54) is 0 Å². The lowest BCUT2D eigenvalue weighted by Crippen LogP contribution is -2.18. The summed E-state index contributed by atoms with van der Waals surface area (Å²) < 4.78 is 17.6. The second kappa shape index (κ2) is 7.66. The van der Waals surface area contributed by atoms with E-state index in [9.17, 15) is 10.2 Å². The van der Waals surface area contributed by atoms with Gasteiger partial charge < -0.3 is 24.4 Å². The minimum absolute atomic E-state index is 0.260. The van der Waals surface area contributed by atoms with Crippen molar-refractivity contribution in [1.29, 1.82) is 0 Å². The van der Waals surface area contributed by atoms with Crippen molar-refractivity contribution in [3.63, 3.8) is 0 Å². The molecule has 0 unspecified atom stereocenters. The van der Waals surface area contributed by atoms with Crippen molar-refractivity contribution in [2.75, 3.05) is 14.2 Å². The summed E-state index contributed by atoms with van der Waals surface area (Å²) in [5.74, 6) is 3.06. The number of methoxy groups -OCH3 is 2. The number of hydrogen-bond acceptors (Lipinski definition) is 5. The summed E-state index contributed by atoms with van der Waals surface area (Å²) in [5.41, 5.74) is 7.72. The summed E-state index contributed by atoms with van der Waals surface area (Å²) in [6.07, 6.45) is 0. The Labute approximate surface area is 189 Å². The van der Waals surface area contributed by atoms with Crippen LogP contribution in [0.3, 0.4) is 0 Å². The van der Waals surface area contributed by atoms with Gasteiger partial charge in [0.25, 0.3) is 0 Å². The van der Waals surface area contributed by atoms with E-state index in [-0.39, 0.29) is 17.4 Å². The van der Waals surface area contributed by atoms with Gasteiger partial charge in [-0.15, -0.1) is 0 Å². The SMILES string of the molecule is COc1ccc(C2c3c(C)c(O)c(C)c(C)c3Oc3c(C)c(C)c(O)c(C)c32)cc1OC. The van der Waals surface area contributed by atoms with E-state index in [0.29, 0.717) is 11.5 Å². The summed E-state index contributed by atoms with van der Waals surface area (Å²) in [4.78, 5) is 0. The van der Waals surface area contributed by atoms with Crippen LogP contribution < -0.4 is 14.2 Å². The lowest BCUT2D eigenvalue weighted by Gasteiger charge is -2.35. The van der Waals surface area contributed by atoms with Crippen molar-refractivity contribution in [3.05, 3.63) is 68.3 Å². The van der Waals surface area contributed by atoms with Gasteiger partial charge >= 0.3 is 0 Å². The molecule has 0 aromatic heterocycles. The molecule has 0 saturated carbocycles. The van der Waals surface area contributed by atoms with Gasteiger partial charge in [0, 0.05) is 17.0 Å². The molecule has 1 heterocycles. The molecule has 3 aromatic carbocycles. The predicted octanol–water partition coefficient (Wildman–Crippen LogP) is 6.25. The van der Waals surface area contributed by atoms with E-state index >= 15 is 0 Å². The molecule has 0 saturated heterocycles. The van der Waals surface area contributed by atoms with Crippen LogP contribution in [0.25, 0.3) is 0 Å². The first kappa shape index (κ1) is 21.9. The summed E-state index contributed by atoms with van der Waals surface area (Å²) in [5, 5.41) is 21.8. The quantitative estimate of drug-likeness (QED) is 0.399. The average Bonchev–Trinajstić information content (AvgIpc) is 2.81. The third-order valence-corrected chi connectivity index (χ3v) is 7.05. The zero-order chi connectivity index (χ0) is 23.5. The van der Waals surface area contributed by atoms with Crippen LogP contribution >= 0.6 is 0 Å². The number of phenols is 2. The van der Waals surface area contributed by atoms with Crippen molar-refractivity contribution in [3.8, 4) is 34.5 Å². The summed E-state index contributed by atoms with van der Waals surface area (Å²) in [6, 6.07) is 5.84. The molecule has 0 aliphatic carbocycles. The Hall–Kier alpha value is -3.34. The highest BCUT2D eigenvalue weighted by Gasteiger charge is 2.37. The van der Waals surface area contributed by atoms with Crippen LogP contribution in [0.5, 0.6) is 34.5 Å². The molecule has 0 amide bonds. The first-order valence-corrected chi connectivity index (χ1v) is 10.7. The Kier molecular flexibility index (Phi) is 5.24. The predicted molar refractivity (Wildman–Crippen MR) is 125 cm³/mol. The lowest BCUT2D eigenvalue weighted by atomic mass is 9.76. The van der Waals surface area contributed by atoms with Crippen LogP contribution in [0, 0.1) is 41.5 Å². The monoisotopic (exact) mass is 434 g/mol. The van der Waals surface area contributed by atoms with Crippen molar-refractivity contribution in [2.24, 2.45) is 0 Å².